The van der Waals surface area contributed by atoms with Crippen LogP contribution in [0.15, 0.2) is 54.1 Å². The summed E-state index contributed by atoms with van der Waals surface area (Å²) in [7, 11) is 0. The van der Waals surface area contributed by atoms with Gasteiger partial charge in [-0.1, -0.05) is 26.0 Å². The first-order valence-corrected chi connectivity index (χ1v) is 10.7. The first-order chi connectivity index (χ1) is 16.2. The SMILES string of the molecule is CCN(CC)CCN1C(=O)C(=O)/C(=C(/O)c2ccc([N+](=O)[O-])cc2)[C@@H]1c1cccc([N+](=O)[O-])c1. The first-order valence-electron chi connectivity index (χ1n) is 10.7. The second-order valence-corrected chi connectivity index (χ2v) is 7.68. The second kappa shape index (κ2) is 10.2. The van der Waals surface area contributed by atoms with Gasteiger partial charge < -0.3 is 14.9 Å². The Bertz CT molecular complexity index is 1160. The molecule has 1 saturated heterocycles. The number of carbonyl (C=O) groups excluding carboxylic acids is 2. The predicted octanol–water partition coefficient (Wildman–Crippen LogP) is 3.27. The van der Waals surface area contributed by atoms with E-state index in [4.69, 9.17) is 0 Å². The van der Waals surface area contributed by atoms with E-state index in [1.165, 1.54) is 47.4 Å². The number of likely N-dealkylation sites (N-methyl/N-ethyl adjacent to an activating group) is 1. The van der Waals surface area contributed by atoms with Gasteiger partial charge >= 0.3 is 0 Å². The van der Waals surface area contributed by atoms with Crippen LogP contribution in [0.5, 0.6) is 0 Å². The predicted molar refractivity (Wildman–Crippen MR) is 123 cm³/mol. The monoisotopic (exact) mass is 468 g/mol. The van der Waals surface area contributed by atoms with Crippen molar-refractivity contribution in [2.45, 2.75) is 19.9 Å². The number of nitrogens with zero attached hydrogens (tertiary/aromatic N) is 4. The Hall–Kier alpha value is -4.12. The zero-order chi connectivity index (χ0) is 25.0. The molecule has 0 spiro atoms. The number of hydrogen-bond acceptors (Lipinski definition) is 8. The molecule has 1 heterocycles. The van der Waals surface area contributed by atoms with Gasteiger partial charge in [-0.2, -0.15) is 0 Å². The Morgan fingerprint density at radius 1 is 1.00 bits per heavy atom. The van der Waals surface area contributed by atoms with Crippen LogP contribution in [0.2, 0.25) is 0 Å². The highest BCUT2D eigenvalue weighted by atomic mass is 16.6. The van der Waals surface area contributed by atoms with E-state index in [1.54, 1.807) is 6.07 Å². The molecule has 2 aromatic carbocycles. The van der Waals surface area contributed by atoms with Gasteiger partial charge in [-0.15, -0.1) is 0 Å². The minimum atomic E-state index is -1.05. The highest BCUT2D eigenvalue weighted by Crippen LogP contribution is 2.40. The molecule has 1 aliphatic heterocycles. The molecular weight excluding hydrogens is 444 g/mol. The van der Waals surface area contributed by atoms with Gasteiger partial charge in [0.25, 0.3) is 23.1 Å². The van der Waals surface area contributed by atoms with Gasteiger partial charge in [0.1, 0.15) is 5.76 Å². The van der Waals surface area contributed by atoms with Crippen molar-refractivity contribution in [1.29, 1.82) is 0 Å². The van der Waals surface area contributed by atoms with E-state index in [0.717, 1.165) is 13.1 Å². The molecule has 0 bridgehead atoms. The Kier molecular flexibility index (Phi) is 7.37. The third-order valence-corrected chi connectivity index (χ3v) is 5.84. The van der Waals surface area contributed by atoms with Crippen molar-refractivity contribution in [3.05, 3.63) is 85.5 Å². The molecule has 11 heteroatoms. The summed E-state index contributed by atoms with van der Waals surface area (Å²) in [5, 5.41) is 33.3. The van der Waals surface area contributed by atoms with Gasteiger partial charge in [-0.25, -0.2) is 0 Å². The quantitative estimate of drug-likeness (QED) is 0.194. The third kappa shape index (κ3) is 4.79. The number of nitro benzene ring substituents is 2. The zero-order valence-electron chi connectivity index (χ0n) is 18.7. The fourth-order valence-electron chi connectivity index (χ4n) is 3.95. The van der Waals surface area contributed by atoms with Crippen LogP contribution < -0.4 is 0 Å². The molecule has 1 N–H and O–H groups in total. The molecule has 178 valence electrons. The number of ketones is 1. The van der Waals surface area contributed by atoms with E-state index in [9.17, 15) is 34.9 Å². The van der Waals surface area contributed by atoms with Crippen molar-refractivity contribution in [2.24, 2.45) is 0 Å². The Balaban J connectivity index is 2.13. The molecule has 11 nitrogen and oxygen atoms in total. The van der Waals surface area contributed by atoms with Gasteiger partial charge in [-0.05, 0) is 30.8 Å². The number of amides is 1. The van der Waals surface area contributed by atoms with E-state index >= 15 is 0 Å². The number of aliphatic hydroxyl groups is 1. The molecule has 0 radical (unpaired) electrons. The topological polar surface area (TPSA) is 147 Å². The van der Waals surface area contributed by atoms with E-state index in [1.807, 2.05) is 13.8 Å². The highest BCUT2D eigenvalue weighted by molar-refractivity contribution is 6.46. The van der Waals surface area contributed by atoms with Crippen LogP contribution in [0.25, 0.3) is 5.76 Å². The lowest BCUT2D eigenvalue weighted by atomic mass is 9.95. The van der Waals surface area contributed by atoms with Crippen molar-refractivity contribution in [2.75, 3.05) is 26.2 Å². The van der Waals surface area contributed by atoms with E-state index < -0.39 is 33.3 Å². The number of aliphatic hydroxyl groups excluding tert-OH is 1. The zero-order valence-corrected chi connectivity index (χ0v) is 18.7. The molecule has 0 aromatic heterocycles. The summed E-state index contributed by atoms with van der Waals surface area (Å²) in [6.45, 7) is 6.00. The van der Waals surface area contributed by atoms with Crippen molar-refractivity contribution < 1.29 is 24.5 Å². The normalized spacial score (nSPS) is 17.4. The van der Waals surface area contributed by atoms with E-state index in [-0.39, 0.29) is 29.1 Å². The fraction of sp³-hybridized carbons (Fsp3) is 0.304. The largest absolute Gasteiger partial charge is 0.507 e. The molecule has 0 aliphatic carbocycles. The summed E-state index contributed by atoms with van der Waals surface area (Å²) in [4.78, 5) is 50.5. The Morgan fingerprint density at radius 2 is 1.62 bits per heavy atom. The van der Waals surface area contributed by atoms with Gasteiger partial charge in [0.15, 0.2) is 0 Å². The molecular formula is C23H24N4O7. The molecule has 1 amide bonds. The molecule has 1 atom stereocenters. The summed E-state index contributed by atoms with van der Waals surface area (Å²) in [6.07, 6.45) is 0. The van der Waals surface area contributed by atoms with E-state index in [0.29, 0.717) is 12.1 Å². The van der Waals surface area contributed by atoms with Gasteiger partial charge in [-0.3, -0.25) is 29.8 Å². The van der Waals surface area contributed by atoms with Gasteiger partial charge in [0.05, 0.1) is 21.5 Å². The van der Waals surface area contributed by atoms with Crippen molar-refractivity contribution in [3.8, 4) is 0 Å². The number of non-ortho nitro benzene ring substituents is 2. The van der Waals surface area contributed by atoms with E-state index in [2.05, 4.69) is 4.90 Å². The Labute approximate surface area is 195 Å². The smallest absolute Gasteiger partial charge is 0.295 e. The van der Waals surface area contributed by atoms with Crippen LogP contribution in [0.1, 0.15) is 31.0 Å². The van der Waals surface area contributed by atoms with Crippen molar-refractivity contribution in [1.82, 2.24) is 9.80 Å². The van der Waals surface area contributed by atoms with Crippen LogP contribution in [-0.4, -0.2) is 62.6 Å². The summed E-state index contributed by atoms with van der Waals surface area (Å²) in [5.74, 6) is -2.26. The molecule has 1 aliphatic rings. The number of benzene rings is 2. The van der Waals surface area contributed by atoms with Crippen LogP contribution in [-0.2, 0) is 9.59 Å². The maximum atomic E-state index is 13.0. The lowest BCUT2D eigenvalue weighted by Crippen LogP contribution is -2.38. The maximum absolute atomic E-state index is 13.0. The molecule has 0 unspecified atom stereocenters. The summed E-state index contributed by atoms with van der Waals surface area (Å²) < 4.78 is 0. The molecule has 3 rings (SSSR count). The fourth-order valence-corrected chi connectivity index (χ4v) is 3.95. The molecule has 0 saturated carbocycles. The lowest BCUT2D eigenvalue weighted by molar-refractivity contribution is -0.385. The number of carbonyl (C=O) groups is 2. The standard InChI is InChI=1S/C23H24N4O7/c1-3-24(4-2)12-13-25-20(16-6-5-7-18(14-16)27(33)34)19(22(29)23(25)30)21(28)15-8-10-17(11-9-15)26(31)32/h5-11,14,20,28H,3-4,12-13H2,1-2H3/b21-19+/t20-/m0/s1. The van der Waals surface area contributed by atoms with Crippen LogP contribution in [0.4, 0.5) is 11.4 Å². The minimum Gasteiger partial charge on any atom is -0.507 e. The average molecular weight is 468 g/mol. The highest BCUT2D eigenvalue weighted by Gasteiger charge is 2.46. The molecule has 34 heavy (non-hydrogen) atoms. The number of nitro groups is 2. The third-order valence-electron chi connectivity index (χ3n) is 5.84. The molecule has 1 fully saturated rings. The van der Waals surface area contributed by atoms with Crippen LogP contribution in [0, 0.1) is 20.2 Å². The number of rotatable bonds is 9. The van der Waals surface area contributed by atoms with Crippen molar-refractivity contribution in [3.63, 3.8) is 0 Å². The van der Waals surface area contributed by atoms with Crippen molar-refractivity contribution >= 4 is 28.8 Å². The van der Waals surface area contributed by atoms with Gasteiger partial charge in [0.2, 0.25) is 0 Å². The summed E-state index contributed by atoms with van der Waals surface area (Å²) >= 11 is 0. The number of likely N-dealkylation sites (tertiary alicyclic amines) is 1. The maximum Gasteiger partial charge on any atom is 0.295 e. The Morgan fingerprint density at radius 3 is 2.18 bits per heavy atom. The van der Waals surface area contributed by atoms with Gasteiger partial charge in [0, 0.05) is 42.9 Å². The van der Waals surface area contributed by atoms with Crippen LogP contribution in [0.3, 0.4) is 0 Å². The summed E-state index contributed by atoms with van der Waals surface area (Å²) in [6, 6.07) is 9.42. The minimum absolute atomic E-state index is 0.114. The number of Topliss-reactive ketones (excluding diaryl/α,β-unsaturated/α-hetero) is 1. The molecule has 2 aromatic rings. The second-order valence-electron chi connectivity index (χ2n) is 7.68. The number of hydrogen-bond donors (Lipinski definition) is 1. The lowest BCUT2D eigenvalue weighted by Gasteiger charge is -2.28. The summed E-state index contributed by atoms with van der Waals surface area (Å²) in [5.41, 5.74) is -0.230. The average Bonchev–Trinajstić information content (AvgIpc) is 3.09. The van der Waals surface area contributed by atoms with Crippen LogP contribution >= 0.6 is 0 Å². The first kappa shape index (κ1) is 24.5.